The summed E-state index contributed by atoms with van der Waals surface area (Å²) in [5.74, 6) is 1.14. The fourth-order valence-electron chi connectivity index (χ4n) is 2.29. The zero-order chi connectivity index (χ0) is 11.1. The van der Waals surface area contributed by atoms with Crippen LogP contribution >= 0.6 is 0 Å². The molecule has 0 saturated heterocycles. The molecule has 2 nitrogen and oxygen atoms in total. The first-order valence-corrected chi connectivity index (χ1v) is 5.64. The summed E-state index contributed by atoms with van der Waals surface area (Å²) >= 11 is 0. The van der Waals surface area contributed by atoms with Gasteiger partial charge in [0, 0.05) is 18.9 Å². The molecule has 0 amide bonds. The highest BCUT2D eigenvalue weighted by Crippen LogP contribution is 2.25. The Bertz CT molecular complexity index is 665. The molecule has 0 atom stereocenters. The van der Waals surface area contributed by atoms with E-state index in [1.807, 2.05) is 0 Å². The zero-order valence-electron chi connectivity index (χ0n) is 9.57. The molecule has 1 aromatic heterocycles. The zero-order valence-corrected chi connectivity index (χ0v) is 9.57. The van der Waals surface area contributed by atoms with E-state index in [1.165, 1.54) is 16.3 Å². The minimum Gasteiger partial charge on any atom is -0.331 e. The summed E-state index contributed by atoms with van der Waals surface area (Å²) in [6.07, 6.45) is 0.972. The van der Waals surface area contributed by atoms with Crippen LogP contribution in [0.25, 0.3) is 21.8 Å². The Balaban J connectivity index is 2.51. The predicted octanol–water partition coefficient (Wildman–Crippen LogP) is 3.29. The molecule has 0 aliphatic carbocycles. The van der Waals surface area contributed by atoms with Gasteiger partial charge in [0.1, 0.15) is 5.82 Å². The normalized spacial score (nSPS) is 11.4. The lowest BCUT2D eigenvalue weighted by Gasteiger charge is -2.00. The number of aromatic nitrogens is 2. The van der Waals surface area contributed by atoms with Gasteiger partial charge in [-0.2, -0.15) is 0 Å². The molecule has 3 rings (SSSR count). The molecule has 0 saturated carbocycles. The van der Waals surface area contributed by atoms with Crippen molar-refractivity contribution >= 4 is 21.8 Å². The second-order valence-electron chi connectivity index (χ2n) is 4.10. The topological polar surface area (TPSA) is 17.8 Å². The summed E-state index contributed by atoms with van der Waals surface area (Å²) in [6.45, 7) is 2.14. The fraction of sp³-hybridized carbons (Fsp3) is 0.214. The molecule has 0 radical (unpaired) electrons. The molecule has 16 heavy (non-hydrogen) atoms. The number of benzene rings is 2. The Kier molecular flexibility index (Phi) is 1.96. The van der Waals surface area contributed by atoms with Crippen LogP contribution in [0.4, 0.5) is 0 Å². The number of aryl methyl sites for hydroxylation is 2. The summed E-state index contributed by atoms with van der Waals surface area (Å²) < 4.78 is 2.18. The third-order valence-corrected chi connectivity index (χ3v) is 3.18. The van der Waals surface area contributed by atoms with Gasteiger partial charge in [0.2, 0.25) is 0 Å². The summed E-state index contributed by atoms with van der Waals surface area (Å²) in [4.78, 5) is 4.72. The molecule has 0 bridgehead atoms. The molecular formula is C14H14N2. The Morgan fingerprint density at radius 1 is 1.12 bits per heavy atom. The molecule has 0 unspecified atom stereocenters. The van der Waals surface area contributed by atoms with Crippen molar-refractivity contribution in [3.05, 3.63) is 42.2 Å². The highest BCUT2D eigenvalue weighted by atomic mass is 15.1. The maximum absolute atomic E-state index is 4.72. The monoisotopic (exact) mass is 210 g/mol. The number of fused-ring (bicyclic) bond motifs is 3. The molecule has 0 spiro atoms. The van der Waals surface area contributed by atoms with E-state index in [1.54, 1.807) is 0 Å². The number of hydrogen-bond donors (Lipinski definition) is 0. The van der Waals surface area contributed by atoms with Crippen molar-refractivity contribution in [2.75, 3.05) is 0 Å². The van der Waals surface area contributed by atoms with E-state index in [-0.39, 0.29) is 0 Å². The van der Waals surface area contributed by atoms with Crippen molar-refractivity contribution < 1.29 is 0 Å². The summed E-state index contributed by atoms with van der Waals surface area (Å²) in [5.41, 5.74) is 2.34. The highest BCUT2D eigenvalue weighted by Gasteiger charge is 2.08. The van der Waals surface area contributed by atoms with Crippen LogP contribution in [0.1, 0.15) is 12.7 Å². The van der Waals surface area contributed by atoms with E-state index in [9.17, 15) is 0 Å². The highest BCUT2D eigenvalue weighted by molar-refractivity contribution is 6.04. The van der Waals surface area contributed by atoms with Crippen LogP contribution in [0.2, 0.25) is 0 Å². The van der Waals surface area contributed by atoms with Gasteiger partial charge in [-0.1, -0.05) is 37.3 Å². The summed E-state index contributed by atoms with van der Waals surface area (Å²) in [5, 5.41) is 2.51. The largest absolute Gasteiger partial charge is 0.331 e. The molecule has 0 N–H and O–H groups in total. The van der Waals surface area contributed by atoms with Gasteiger partial charge >= 0.3 is 0 Å². The van der Waals surface area contributed by atoms with Crippen molar-refractivity contribution in [3.8, 4) is 0 Å². The van der Waals surface area contributed by atoms with Gasteiger partial charge in [0.25, 0.3) is 0 Å². The SMILES string of the molecule is CCc1nc2c3ccccc3ccc2n1C. The van der Waals surface area contributed by atoms with Crippen LogP contribution in [0, 0.1) is 0 Å². The molecule has 2 heteroatoms. The first-order valence-electron chi connectivity index (χ1n) is 5.64. The Morgan fingerprint density at radius 2 is 1.94 bits per heavy atom. The lowest BCUT2D eigenvalue weighted by Crippen LogP contribution is -1.94. The van der Waals surface area contributed by atoms with Gasteiger partial charge < -0.3 is 4.57 Å². The number of hydrogen-bond acceptors (Lipinski definition) is 1. The Labute approximate surface area is 94.5 Å². The lowest BCUT2D eigenvalue weighted by molar-refractivity contribution is 0.829. The standard InChI is InChI=1S/C14H14N2/c1-3-13-15-14-11-7-5-4-6-10(11)8-9-12(14)16(13)2/h4-9H,3H2,1-2H3. The Hall–Kier alpha value is -1.83. The first-order chi connectivity index (χ1) is 7.81. The minimum atomic E-state index is 0.972. The lowest BCUT2D eigenvalue weighted by atomic mass is 10.1. The molecule has 0 fully saturated rings. The van der Waals surface area contributed by atoms with Crippen LogP contribution in [-0.4, -0.2) is 9.55 Å². The van der Waals surface area contributed by atoms with Crippen LogP contribution in [0.3, 0.4) is 0 Å². The third-order valence-electron chi connectivity index (χ3n) is 3.18. The third kappa shape index (κ3) is 1.16. The smallest absolute Gasteiger partial charge is 0.109 e. The average molecular weight is 210 g/mol. The number of imidazole rings is 1. The summed E-state index contributed by atoms with van der Waals surface area (Å²) in [6, 6.07) is 12.7. The maximum atomic E-state index is 4.72. The second-order valence-corrected chi connectivity index (χ2v) is 4.10. The molecule has 0 aliphatic rings. The number of nitrogens with zero attached hydrogens (tertiary/aromatic N) is 2. The van der Waals surface area contributed by atoms with E-state index in [2.05, 4.69) is 54.9 Å². The summed E-state index contributed by atoms with van der Waals surface area (Å²) in [7, 11) is 2.09. The van der Waals surface area contributed by atoms with E-state index in [4.69, 9.17) is 4.98 Å². The van der Waals surface area contributed by atoms with Gasteiger partial charge in [-0.15, -0.1) is 0 Å². The first kappa shape index (κ1) is 9.40. The van der Waals surface area contributed by atoms with Crippen LogP contribution in [0.5, 0.6) is 0 Å². The van der Waals surface area contributed by atoms with Gasteiger partial charge in [-0.3, -0.25) is 0 Å². The second kappa shape index (κ2) is 3.34. The molecule has 1 heterocycles. The van der Waals surface area contributed by atoms with Crippen molar-refractivity contribution in [1.82, 2.24) is 9.55 Å². The molecule has 2 aromatic carbocycles. The maximum Gasteiger partial charge on any atom is 0.109 e. The van der Waals surface area contributed by atoms with E-state index < -0.39 is 0 Å². The van der Waals surface area contributed by atoms with E-state index >= 15 is 0 Å². The Morgan fingerprint density at radius 3 is 2.75 bits per heavy atom. The van der Waals surface area contributed by atoms with Crippen LogP contribution < -0.4 is 0 Å². The molecule has 0 aliphatic heterocycles. The fourth-order valence-corrected chi connectivity index (χ4v) is 2.29. The minimum absolute atomic E-state index is 0.972. The van der Waals surface area contributed by atoms with Gasteiger partial charge in [-0.25, -0.2) is 4.98 Å². The average Bonchev–Trinajstić information content (AvgIpc) is 2.67. The molecule has 3 aromatic rings. The van der Waals surface area contributed by atoms with Crippen molar-refractivity contribution in [2.24, 2.45) is 7.05 Å². The molecular weight excluding hydrogens is 196 g/mol. The van der Waals surface area contributed by atoms with Gasteiger partial charge in [0.15, 0.2) is 0 Å². The quantitative estimate of drug-likeness (QED) is 0.602. The van der Waals surface area contributed by atoms with Crippen LogP contribution in [0.15, 0.2) is 36.4 Å². The van der Waals surface area contributed by atoms with E-state index in [0.29, 0.717) is 0 Å². The van der Waals surface area contributed by atoms with Crippen molar-refractivity contribution in [1.29, 1.82) is 0 Å². The van der Waals surface area contributed by atoms with Crippen molar-refractivity contribution in [3.63, 3.8) is 0 Å². The van der Waals surface area contributed by atoms with E-state index in [0.717, 1.165) is 17.8 Å². The van der Waals surface area contributed by atoms with Gasteiger partial charge in [-0.05, 0) is 11.5 Å². The van der Waals surface area contributed by atoms with Crippen LogP contribution in [-0.2, 0) is 13.5 Å². The van der Waals surface area contributed by atoms with Gasteiger partial charge in [0.05, 0.1) is 11.0 Å². The van der Waals surface area contributed by atoms with Crippen molar-refractivity contribution in [2.45, 2.75) is 13.3 Å². The predicted molar refractivity (Wildman–Crippen MR) is 67.6 cm³/mol. The molecule has 80 valence electrons. The number of rotatable bonds is 1.